The molecule has 0 radical (unpaired) electrons. The van der Waals surface area contributed by atoms with Gasteiger partial charge in [0.2, 0.25) is 0 Å². The summed E-state index contributed by atoms with van der Waals surface area (Å²) in [6.45, 7) is -5.50. The standard InChI is InChI=1S/C10H22N2O2/c1-10(2,3)14-9(13)12(6)8-7-11(4)5/h7-8H2,1-6H3/i4D3,5D3,6D3. The fraction of sp³-hybridized carbons (Fsp3) is 0.900. The molecular formula is C10H22N2O2. The topological polar surface area (TPSA) is 32.8 Å². The molecule has 0 unspecified atom stereocenters. The van der Waals surface area contributed by atoms with Crippen LogP contribution in [0.1, 0.15) is 33.1 Å². The Morgan fingerprint density at radius 2 is 1.93 bits per heavy atom. The molecule has 0 atom stereocenters. The van der Waals surface area contributed by atoms with E-state index in [1.54, 1.807) is 20.8 Å². The van der Waals surface area contributed by atoms with Crippen LogP contribution in [-0.4, -0.2) is 55.5 Å². The number of amides is 1. The van der Waals surface area contributed by atoms with Crippen molar-refractivity contribution in [2.75, 3.05) is 34.0 Å². The zero-order valence-electron chi connectivity index (χ0n) is 17.6. The fourth-order valence-electron chi connectivity index (χ4n) is 0.608. The molecule has 14 heavy (non-hydrogen) atoms. The van der Waals surface area contributed by atoms with Crippen LogP contribution >= 0.6 is 0 Å². The van der Waals surface area contributed by atoms with E-state index in [-0.39, 0.29) is 4.90 Å². The Morgan fingerprint density at radius 3 is 2.36 bits per heavy atom. The van der Waals surface area contributed by atoms with Gasteiger partial charge in [-0.15, -0.1) is 0 Å². The molecule has 0 aliphatic heterocycles. The van der Waals surface area contributed by atoms with Gasteiger partial charge in [-0.2, -0.15) is 0 Å². The second-order valence-electron chi connectivity index (χ2n) is 3.78. The molecular weight excluding hydrogens is 180 g/mol. The first-order chi connectivity index (χ1) is 9.86. The minimum Gasteiger partial charge on any atom is -0.444 e. The second-order valence-corrected chi connectivity index (χ2v) is 3.78. The van der Waals surface area contributed by atoms with Crippen molar-refractivity contribution in [2.45, 2.75) is 26.4 Å². The molecule has 0 aromatic rings. The van der Waals surface area contributed by atoms with E-state index in [2.05, 4.69) is 0 Å². The highest BCUT2D eigenvalue weighted by Gasteiger charge is 2.19. The lowest BCUT2D eigenvalue weighted by molar-refractivity contribution is 0.0290. The van der Waals surface area contributed by atoms with Gasteiger partial charge in [0.25, 0.3) is 0 Å². The Kier molecular flexibility index (Phi) is 1.63. The van der Waals surface area contributed by atoms with Gasteiger partial charge in [0.05, 0.1) is 0 Å². The first-order valence-corrected chi connectivity index (χ1v) is 4.14. The molecule has 0 saturated carbocycles. The van der Waals surface area contributed by atoms with Gasteiger partial charge in [-0.1, -0.05) is 0 Å². The quantitative estimate of drug-likeness (QED) is 0.707. The molecule has 84 valence electrons. The van der Waals surface area contributed by atoms with Gasteiger partial charge in [-0.3, -0.25) is 0 Å². The number of nitrogens with zero attached hydrogens (tertiary/aromatic N) is 2. The molecule has 0 fully saturated rings. The fourth-order valence-corrected chi connectivity index (χ4v) is 0.608. The number of ether oxygens (including phenoxy) is 1. The van der Waals surface area contributed by atoms with Gasteiger partial charge in [0, 0.05) is 32.4 Å². The Bertz CT molecular complexity index is 395. The van der Waals surface area contributed by atoms with Crippen molar-refractivity contribution in [1.82, 2.24) is 9.80 Å². The summed E-state index contributed by atoms with van der Waals surface area (Å²) in [4.78, 5) is 12.5. The minimum absolute atomic E-state index is 0.184. The number of likely N-dealkylation sites (N-methyl/N-ethyl adjacent to an activating group) is 2. The molecule has 0 N–H and O–H groups in total. The van der Waals surface area contributed by atoms with Gasteiger partial charge in [-0.25, -0.2) is 4.79 Å². The second kappa shape index (κ2) is 5.20. The summed E-state index contributed by atoms with van der Waals surface area (Å²) in [5, 5.41) is 0. The average Bonchev–Trinajstić information content (AvgIpc) is 2.15. The molecule has 0 aliphatic carbocycles. The molecule has 0 spiro atoms. The van der Waals surface area contributed by atoms with E-state index in [4.69, 9.17) is 17.1 Å². The summed E-state index contributed by atoms with van der Waals surface area (Å²) in [5.74, 6) is 0. The van der Waals surface area contributed by atoms with Gasteiger partial charge in [-0.05, 0) is 34.7 Å². The molecule has 1 amide bonds. The number of carbonyl (C=O) groups is 1. The predicted octanol–water partition coefficient (Wildman–Crippen LogP) is 1.41. The van der Waals surface area contributed by atoms with Crippen LogP contribution in [0.5, 0.6) is 0 Å². The summed E-state index contributed by atoms with van der Waals surface area (Å²) in [5.41, 5.74) is -0.950. The smallest absolute Gasteiger partial charge is 0.410 e. The Morgan fingerprint density at radius 1 is 1.29 bits per heavy atom. The summed E-state index contributed by atoms with van der Waals surface area (Å²) in [6.07, 6.45) is -1.17. The number of hydrogen-bond donors (Lipinski definition) is 0. The maximum Gasteiger partial charge on any atom is 0.410 e. The number of rotatable bonds is 3. The Hall–Kier alpha value is -0.770. The normalized spacial score (nSPS) is 23.9. The maximum absolute atomic E-state index is 12.0. The van der Waals surface area contributed by atoms with Crippen molar-refractivity contribution in [3.05, 3.63) is 0 Å². The molecule has 0 rings (SSSR count). The first-order valence-electron chi connectivity index (χ1n) is 8.64. The molecule has 4 heteroatoms. The molecule has 0 saturated heterocycles. The van der Waals surface area contributed by atoms with Crippen LogP contribution in [0.4, 0.5) is 4.79 Å². The molecule has 0 aromatic carbocycles. The van der Waals surface area contributed by atoms with Crippen LogP contribution in [0.3, 0.4) is 0 Å². The van der Waals surface area contributed by atoms with Crippen molar-refractivity contribution in [1.29, 1.82) is 0 Å². The van der Waals surface area contributed by atoms with E-state index in [9.17, 15) is 4.79 Å². The van der Waals surface area contributed by atoms with Crippen LogP contribution in [0.25, 0.3) is 0 Å². The van der Waals surface area contributed by atoms with Crippen molar-refractivity contribution in [2.24, 2.45) is 0 Å². The van der Waals surface area contributed by atoms with E-state index in [0.29, 0.717) is 4.90 Å². The van der Waals surface area contributed by atoms with Gasteiger partial charge < -0.3 is 14.5 Å². The van der Waals surface area contributed by atoms with E-state index in [1.807, 2.05) is 0 Å². The lowest BCUT2D eigenvalue weighted by Gasteiger charge is -2.25. The largest absolute Gasteiger partial charge is 0.444 e. The van der Waals surface area contributed by atoms with Crippen molar-refractivity contribution >= 4 is 6.09 Å². The first kappa shape index (κ1) is 4.39. The monoisotopic (exact) mass is 211 g/mol. The minimum atomic E-state index is -2.96. The van der Waals surface area contributed by atoms with Crippen molar-refractivity contribution in [3.63, 3.8) is 0 Å². The zero-order chi connectivity index (χ0) is 18.9. The average molecular weight is 211 g/mol. The third-order valence-electron chi connectivity index (χ3n) is 1.16. The predicted molar refractivity (Wildman–Crippen MR) is 57.4 cm³/mol. The lowest BCUT2D eigenvalue weighted by atomic mass is 10.2. The maximum atomic E-state index is 12.0. The van der Waals surface area contributed by atoms with Crippen LogP contribution in [-0.2, 0) is 4.74 Å². The van der Waals surface area contributed by atoms with Crippen LogP contribution in [0, 0.1) is 0 Å². The molecule has 0 heterocycles. The highest BCUT2D eigenvalue weighted by Crippen LogP contribution is 2.08. The lowest BCUT2D eigenvalue weighted by Crippen LogP contribution is -2.37. The summed E-state index contributed by atoms with van der Waals surface area (Å²) < 4.78 is 70.3. The SMILES string of the molecule is [2H]C([2H])([2H])N(CCN(C([2H])([2H])[2H])C([2H])([2H])[2H])C(=O)OC(C)(C)C. The zero-order valence-corrected chi connectivity index (χ0v) is 8.63. The van der Waals surface area contributed by atoms with Crippen LogP contribution in [0.2, 0.25) is 0 Å². The molecule has 4 nitrogen and oxygen atoms in total. The van der Waals surface area contributed by atoms with Crippen LogP contribution in [0.15, 0.2) is 0 Å². The van der Waals surface area contributed by atoms with Crippen LogP contribution < -0.4 is 0 Å². The van der Waals surface area contributed by atoms with Gasteiger partial charge >= 0.3 is 6.09 Å². The van der Waals surface area contributed by atoms with Gasteiger partial charge in [0.1, 0.15) is 5.60 Å². The summed E-state index contributed by atoms with van der Waals surface area (Å²) in [6, 6.07) is 0. The highest BCUT2D eigenvalue weighted by molar-refractivity contribution is 5.67. The van der Waals surface area contributed by atoms with E-state index < -0.39 is 45.7 Å². The summed E-state index contributed by atoms with van der Waals surface area (Å²) in [7, 11) is 0. The van der Waals surface area contributed by atoms with E-state index in [0.717, 1.165) is 0 Å². The van der Waals surface area contributed by atoms with E-state index in [1.165, 1.54) is 0 Å². The van der Waals surface area contributed by atoms with Crippen molar-refractivity contribution < 1.29 is 21.9 Å². The molecule has 0 aliphatic rings. The Labute approximate surface area is 99.5 Å². The number of hydrogen-bond acceptors (Lipinski definition) is 3. The number of carbonyl (C=O) groups excluding carboxylic acids is 1. The van der Waals surface area contributed by atoms with E-state index >= 15 is 0 Å². The van der Waals surface area contributed by atoms with Crippen molar-refractivity contribution in [3.8, 4) is 0 Å². The van der Waals surface area contributed by atoms with Gasteiger partial charge in [0.15, 0.2) is 0 Å². The molecule has 0 bridgehead atoms. The molecule has 0 aromatic heterocycles. The Balaban J connectivity index is 5.24. The third kappa shape index (κ3) is 6.71. The third-order valence-corrected chi connectivity index (χ3v) is 1.16. The summed E-state index contributed by atoms with van der Waals surface area (Å²) >= 11 is 0. The highest BCUT2D eigenvalue weighted by atomic mass is 16.6.